The molecule has 0 saturated carbocycles. The Balaban J connectivity index is 3.12. The Hall–Kier alpha value is -0.570. The maximum Gasteiger partial charge on any atom is 0.0845 e. The van der Waals surface area contributed by atoms with Crippen LogP contribution in [0, 0.1) is 6.92 Å². The lowest BCUT2D eigenvalue weighted by atomic mass is 9.87. The van der Waals surface area contributed by atoms with Crippen molar-refractivity contribution < 1.29 is 4.74 Å². The number of hydrogen-bond donors (Lipinski definition) is 1. The van der Waals surface area contributed by atoms with Gasteiger partial charge < -0.3 is 10.1 Å². The number of nitrogens with one attached hydrogen (secondary N) is 1. The highest BCUT2D eigenvalue weighted by atomic mass is 35.5. The van der Waals surface area contributed by atoms with Crippen molar-refractivity contribution in [3.05, 3.63) is 34.3 Å². The SMILES string of the molecule is CCCNC(c1ccc(C)c(Cl)c1)C(C)(CC)OCC. The lowest BCUT2D eigenvalue weighted by Crippen LogP contribution is -2.44. The summed E-state index contributed by atoms with van der Waals surface area (Å²) in [6, 6.07) is 6.46. The molecule has 2 unspecified atom stereocenters. The molecule has 0 saturated heterocycles. The van der Waals surface area contributed by atoms with Crippen LogP contribution in [0.15, 0.2) is 18.2 Å². The predicted molar refractivity (Wildman–Crippen MR) is 87.5 cm³/mol. The first-order valence-corrected chi connectivity index (χ1v) is 7.99. The second kappa shape index (κ2) is 8.02. The summed E-state index contributed by atoms with van der Waals surface area (Å²) in [6.07, 6.45) is 2.05. The number of ether oxygens (including phenoxy) is 1. The second-order valence-electron chi connectivity index (χ2n) is 5.49. The predicted octanol–water partition coefficient (Wildman–Crippen LogP) is 4.89. The van der Waals surface area contributed by atoms with Crippen LogP contribution in [0.5, 0.6) is 0 Å². The number of halogens is 1. The van der Waals surface area contributed by atoms with E-state index in [4.69, 9.17) is 16.3 Å². The fraction of sp³-hybridized carbons (Fsp3) is 0.647. The van der Waals surface area contributed by atoms with Crippen LogP contribution in [0.3, 0.4) is 0 Å². The third-order valence-corrected chi connectivity index (χ3v) is 4.32. The zero-order chi connectivity index (χ0) is 15.2. The van der Waals surface area contributed by atoms with Gasteiger partial charge in [-0.1, -0.05) is 37.6 Å². The summed E-state index contributed by atoms with van der Waals surface area (Å²) in [5, 5.41) is 4.45. The van der Waals surface area contributed by atoms with Crippen LogP contribution < -0.4 is 5.32 Å². The maximum atomic E-state index is 6.29. The van der Waals surface area contributed by atoms with Gasteiger partial charge in [-0.25, -0.2) is 0 Å². The van der Waals surface area contributed by atoms with Crippen molar-refractivity contribution >= 4 is 11.6 Å². The van der Waals surface area contributed by atoms with Crippen LogP contribution in [0.2, 0.25) is 5.02 Å². The molecule has 1 rings (SSSR count). The average Bonchev–Trinajstić information content (AvgIpc) is 2.43. The van der Waals surface area contributed by atoms with Gasteiger partial charge in [-0.05, 0) is 57.4 Å². The van der Waals surface area contributed by atoms with E-state index in [0.29, 0.717) is 6.61 Å². The van der Waals surface area contributed by atoms with Crippen LogP contribution >= 0.6 is 11.6 Å². The minimum atomic E-state index is -0.220. The Morgan fingerprint density at radius 2 is 2.00 bits per heavy atom. The van der Waals surface area contributed by atoms with E-state index in [9.17, 15) is 0 Å². The van der Waals surface area contributed by atoms with Gasteiger partial charge in [0, 0.05) is 11.6 Å². The van der Waals surface area contributed by atoms with Crippen molar-refractivity contribution in [2.75, 3.05) is 13.2 Å². The fourth-order valence-electron chi connectivity index (χ4n) is 2.48. The third kappa shape index (κ3) is 4.21. The Morgan fingerprint density at radius 1 is 1.30 bits per heavy atom. The molecule has 2 atom stereocenters. The van der Waals surface area contributed by atoms with Gasteiger partial charge in [0.2, 0.25) is 0 Å². The van der Waals surface area contributed by atoms with Gasteiger partial charge in [-0.2, -0.15) is 0 Å². The van der Waals surface area contributed by atoms with E-state index in [1.54, 1.807) is 0 Å². The van der Waals surface area contributed by atoms with Crippen molar-refractivity contribution in [1.29, 1.82) is 0 Å². The Morgan fingerprint density at radius 3 is 2.50 bits per heavy atom. The van der Waals surface area contributed by atoms with E-state index in [-0.39, 0.29) is 11.6 Å². The Labute approximate surface area is 128 Å². The van der Waals surface area contributed by atoms with Crippen molar-refractivity contribution in [3.8, 4) is 0 Å². The average molecular weight is 298 g/mol. The van der Waals surface area contributed by atoms with Gasteiger partial charge in [0.05, 0.1) is 11.6 Å². The molecule has 0 amide bonds. The smallest absolute Gasteiger partial charge is 0.0845 e. The van der Waals surface area contributed by atoms with E-state index < -0.39 is 0 Å². The fourth-order valence-corrected chi connectivity index (χ4v) is 2.67. The molecule has 1 N–H and O–H groups in total. The monoisotopic (exact) mass is 297 g/mol. The first-order chi connectivity index (χ1) is 9.48. The summed E-state index contributed by atoms with van der Waals surface area (Å²) < 4.78 is 6.06. The molecule has 3 heteroatoms. The molecule has 0 aliphatic rings. The molecular formula is C17H28ClNO. The molecule has 0 aromatic heterocycles. The highest BCUT2D eigenvalue weighted by Gasteiger charge is 2.34. The summed E-state index contributed by atoms with van der Waals surface area (Å²) in [7, 11) is 0. The largest absolute Gasteiger partial charge is 0.374 e. The summed E-state index contributed by atoms with van der Waals surface area (Å²) in [6.45, 7) is 12.3. The Kier molecular flexibility index (Phi) is 7.01. The van der Waals surface area contributed by atoms with Crippen LogP contribution in [-0.2, 0) is 4.74 Å². The molecule has 1 aromatic rings. The van der Waals surface area contributed by atoms with Gasteiger partial charge >= 0.3 is 0 Å². The standard InChI is InChI=1S/C17H28ClNO/c1-6-11-19-16(17(5,7-2)20-8-3)14-10-9-13(4)15(18)12-14/h9-10,12,16,19H,6-8,11H2,1-5H3. The minimum Gasteiger partial charge on any atom is -0.374 e. The quantitative estimate of drug-likeness (QED) is 0.737. The van der Waals surface area contributed by atoms with Crippen molar-refractivity contribution in [2.45, 2.75) is 59.1 Å². The molecular weight excluding hydrogens is 270 g/mol. The molecule has 0 heterocycles. The van der Waals surface area contributed by atoms with E-state index in [1.807, 2.05) is 13.8 Å². The van der Waals surface area contributed by atoms with Crippen LogP contribution in [0.25, 0.3) is 0 Å². The van der Waals surface area contributed by atoms with Crippen LogP contribution in [0.4, 0.5) is 0 Å². The van der Waals surface area contributed by atoms with Gasteiger partial charge in [-0.3, -0.25) is 0 Å². The van der Waals surface area contributed by atoms with Crippen molar-refractivity contribution in [2.24, 2.45) is 0 Å². The first-order valence-electron chi connectivity index (χ1n) is 7.61. The zero-order valence-corrected chi connectivity index (χ0v) is 14.2. The second-order valence-corrected chi connectivity index (χ2v) is 5.90. The number of benzene rings is 1. The normalized spacial score (nSPS) is 15.9. The molecule has 1 aromatic carbocycles. The molecule has 0 fully saturated rings. The van der Waals surface area contributed by atoms with Crippen molar-refractivity contribution in [3.63, 3.8) is 0 Å². The zero-order valence-electron chi connectivity index (χ0n) is 13.4. The van der Waals surface area contributed by atoms with Gasteiger partial charge in [-0.15, -0.1) is 0 Å². The van der Waals surface area contributed by atoms with Gasteiger partial charge in [0.1, 0.15) is 0 Å². The van der Waals surface area contributed by atoms with Crippen LogP contribution in [-0.4, -0.2) is 18.8 Å². The minimum absolute atomic E-state index is 0.158. The summed E-state index contributed by atoms with van der Waals surface area (Å²) in [5.41, 5.74) is 2.09. The molecule has 0 aliphatic carbocycles. The highest BCUT2D eigenvalue weighted by Crippen LogP contribution is 2.34. The topological polar surface area (TPSA) is 21.3 Å². The van der Waals surface area contributed by atoms with E-state index >= 15 is 0 Å². The van der Waals surface area contributed by atoms with E-state index in [1.165, 1.54) is 5.56 Å². The van der Waals surface area contributed by atoms with Gasteiger partial charge in [0.15, 0.2) is 0 Å². The molecule has 0 bridgehead atoms. The molecule has 114 valence electrons. The number of rotatable bonds is 8. The van der Waals surface area contributed by atoms with E-state index in [2.05, 4.69) is 44.3 Å². The van der Waals surface area contributed by atoms with E-state index in [0.717, 1.165) is 30.0 Å². The lowest BCUT2D eigenvalue weighted by Gasteiger charge is -2.38. The van der Waals surface area contributed by atoms with Gasteiger partial charge in [0.25, 0.3) is 0 Å². The molecule has 0 radical (unpaired) electrons. The molecule has 0 spiro atoms. The summed E-state index contributed by atoms with van der Waals surface area (Å²) in [4.78, 5) is 0. The maximum absolute atomic E-state index is 6.29. The third-order valence-electron chi connectivity index (χ3n) is 3.91. The number of aryl methyl sites for hydroxylation is 1. The summed E-state index contributed by atoms with van der Waals surface area (Å²) >= 11 is 6.29. The molecule has 2 nitrogen and oxygen atoms in total. The van der Waals surface area contributed by atoms with Crippen molar-refractivity contribution in [1.82, 2.24) is 5.32 Å². The Bertz CT molecular complexity index is 421. The number of hydrogen-bond acceptors (Lipinski definition) is 2. The highest BCUT2D eigenvalue weighted by molar-refractivity contribution is 6.31. The first kappa shape index (κ1) is 17.5. The lowest BCUT2D eigenvalue weighted by molar-refractivity contribution is -0.0562. The molecule has 0 aliphatic heterocycles. The molecule has 20 heavy (non-hydrogen) atoms. The summed E-state index contributed by atoms with van der Waals surface area (Å²) in [5.74, 6) is 0. The van der Waals surface area contributed by atoms with Crippen LogP contribution in [0.1, 0.15) is 57.7 Å².